The first-order valence-corrected chi connectivity index (χ1v) is 6.77. The third-order valence-corrected chi connectivity index (χ3v) is 3.53. The summed E-state index contributed by atoms with van der Waals surface area (Å²) in [5, 5.41) is 9.90. The summed E-state index contributed by atoms with van der Waals surface area (Å²) in [5.41, 5.74) is 1.01. The lowest BCUT2D eigenvalue weighted by molar-refractivity contribution is -0.133. The molecule has 1 aliphatic heterocycles. The van der Waals surface area contributed by atoms with E-state index in [1.807, 2.05) is 43.3 Å². The van der Waals surface area contributed by atoms with Crippen LogP contribution in [0.25, 0.3) is 0 Å². The topological polar surface area (TPSA) is 53.0 Å². The van der Waals surface area contributed by atoms with Crippen LogP contribution in [0.3, 0.4) is 0 Å². The number of aliphatic hydroxyl groups excluding tert-OH is 1. The Bertz CT molecular complexity index is 476. The second-order valence-electron chi connectivity index (χ2n) is 5.47. The second kappa shape index (κ2) is 6.24. The predicted octanol–water partition coefficient (Wildman–Crippen LogP) is 0.891. The zero-order valence-corrected chi connectivity index (χ0v) is 12.2. The van der Waals surface area contributed by atoms with Crippen molar-refractivity contribution in [2.45, 2.75) is 18.6 Å². The molecule has 1 aromatic carbocycles. The Balaban J connectivity index is 2.21. The van der Waals surface area contributed by atoms with E-state index >= 15 is 0 Å². The van der Waals surface area contributed by atoms with Crippen LogP contribution in [0.1, 0.15) is 18.0 Å². The number of hydrogen-bond donors (Lipinski definition) is 1. The number of nitrogens with zero attached hydrogens (tertiary/aromatic N) is 2. The zero-order chi connectivity index (χ0) is 14.7. The van der Waals surface area contributed by atoms with Gasteiger partial charge in [0.25, 0.3) is 0 Å². The third-order valence-electron chi connectivity index (χ3n) is 3.53. The van der Waals surface area contributed by atoms with Gasteiger partial charge in [-0.2, -0.15) is 0 Å². The van der Waals surface area contributed by atoms with Crippen molar-refractivity contribution in [2.75, 3.05) is 34.3 Å². The first kappa shape index (κ1) is 14.8. The Kier molecular flexibility index (Phi) is 4.62. The SMILES string of the molecule is COc1cccc([C@H]2C[C@@H](O)CN2C(=O)CN(C)C)c1. The number of methoxy groups -OCH3 is 1. The van der Waals surface area contributed by atoms with Gasteiger partial charge in [-0.15, -0.1) is 0 Å². The van der Waals surface area contributed by atoms with Crippen molar-refractivity contribution in [1.82, 2.24) is 9.80 Å². The van der Waals surface area contributed by atoms with Crippen LogP contribution in [0, 0.1) is 0 Å². The summed E-state index contributed by atoms with van der Waals surface area (Å²) in [6.07, 6.45) is 0.115. The summed E-state index contributed by atoms with van der Waals surface area (Å²) in [7, 11) is 5.35. The molecule has 0 aromatic heterocycles. The van der Waals surface area contributed by atoms with E-state index in [9.17, 15) is 9.90 Å². The Morgan fingerprint density at radius 1 is 1.50 bits per heavy atom. The van der Waals surface area contributed by atoms with E-state index < -0.39 is 6.10 Å². The van der Waals surface area contributed by atoms with Crippen LogP contribution >= 0.6 is 0 Å². The van der Waals surface area contributed by atoms with Crippen LogP contribution in [0.4, 0.5) is 0 Å². The summed E-state index contributed by atoms with van der Waals surface area (Å²) in [5.74, 6) is 0.809. The molecule has 1 N–H and O–H groups in total. The van der Waals surface area contributed by atoms with Gasteiger partial charge in [-0.25, -0.2) is 0 Å². The van der Waals surface area contributed by atoms with Crippen molar-refractivity contribution in [2.24, 2.45) is 0 Å². The summed E-state index contributed by atoms with van der Waals surface area (Å²) < 4.78 is 5.23. The first-order valence-electron chi connectivity index (χ1n) is 6.77. The average Bonchev–Trinajstić information content (AvgIpc) is 2.80. The number of ether oxygens (including phenoxy) is 1. The number of aliphatic hydroxyl groups is 1. The van der Waals surface area contributed by atoms with Crippen LogP contribution in [0.2, 0.25) is 0 Å². The highest BCUT2D eigenvalue weighted by Gasteiger charge is 2.35. The van der Waals surface area contributed by atoms with Gasteiger partial charge in [0, 0.05) is 6.54 Å². The van der Waals surface area contributed by atoms with Crippen molar-refractivity contribution in [1.29, 1.82) is 0 Å². The smallest absolute Gasteiger partial charge is 0.237 e. The number of likely N-dealkylation sites (tertiary alicyclic amines) is 1. The van der Waals surface area contributed by atoms with Gasteiger partial charge in [0.05, 0.1) is 25.8 Å². The Morgan fingerprint density at radius 3 is 2.90 bits per heavy atom. The highest BCUT2D eigenvalue weighted by Crippen LogP contribution is 2.33. The van der Waals surface area contributed by atoms with E-state index in [0.717, 1.165) is 11.3 Å². The standard InChI is InChI=1S/C15H22N2O3/c1-16(2)10-15(19)17-9-12(18)8-14(17)11-5-4-6-13(7-11)20-3/h4-7,12,14,18H,8-10H2,1-3H3/t12-,14-/m1/s1. The van der Waals surface area contributed by atoms with Crippen LogP contribution in [-0.4, -0.2) is 61.2 Å². The molecule has 1 fully saturated rings. The molecule has 1 heterocycles. The van der Waals surface area contributed by atoms with Gasteiger partial charge in [-0.1, -0.05) is 12.1 Å². The van der Waals surface area contributed by atoms with E-state index in [1.165, 1.54) is 0 Å². The maximum Gasteiger partial charge on any atom is 0.237 e. The minimum atomic E-state index is -0.461. The minimum Gasteiger partial charge on any atom is -0.497 e. The lowest BCUT2D eigenvalue weighted by Gasteiger charge is -2.26. The van der Waals surface area contributed by atoms with E-state index in [4.69, 9.17) is 4.74 Å². The highest BCUT2D eigenvalue weighted by atomic mass is 16.5. The molecule has 110 valence electrons. The maximum atomic E-state index is 12.3. The third kappa shape index (κ3) is 3.29. The lowest BCUT2D eigenvalue weighted by atomic mass is 10.0. The highest BCUT2D eigenvalue weighted by molar-refractivity contribution is 5.79. The molecule has 0 bridgehead atoms. The quantitative estimate of drug-likeness (QED) is 0.889. The van der Waals surface area contributed by atoms with Gasteiger partial charge in [0.2, 0.25) is 5.91 Å². The van der Waals surface area contributed by atoms with Crippen molar-refractivity contribution in [3.05, 3.63) is 29.8 Å². The molecule has 1 saturated heterocycles. The van der Waals surface area contributed by atoms with Gasteiger partial charge >= 0.3 is 0 Å². The lowest BCUT2D eigenvalue weighted by Crippen LogP contribution is -2.38. The maximum absolute atomic E-state index is 12.3. The van der Waals surface area contributed by atoms with Crippen molar-refractivity contribution < 1.29 is 14.6 Å². The van der Waals surface area contributed by atoms with Crippen LogP contribution < -0.4 is 4.74 Å². The fraction of sp³-hybridized carbons (Fsp3) is 0.533. The number of rotatable bonds is 4. The van der Waals surface area contributed by atoms with Crippen LogP contribution in [0.5, 0.6) is 5.75 Å². The Hall–Kier alpha value is -1.59. The number of carbonyl (C=O) groups is 1. The number of β-amino-alcohol motifs (C(OH)–C–C–N with tert-alkyl or cyclic N) is 1. The molecule has 0 unspecified atom stereocenters. The van der Waals surface area contributed by atoms with E-state index in [2.05, 4.69) is 0 Å². The van der Waals surface area contributed by atoms with Gasteiger partial charge < -0.3 is 19.6 Å². The molecule has 20 heavy (non-hydrogen) atoms. The van der Waals surface area contributed by atoms with Crippen molar-refractivity contribution >= 4 is 5.91 Å². The largest absolute Gasteiger partial charge is 0.497 e. The van der Waals surface area contributed by atoms with Crippen molar-refractivity contribution in [3.63, 3.8) is 0 Å². The van der Waals surface area contributed by atoms with E-state index in [-0.39, 0.29) is 11.9 Å². The van der Waals surface area contributed by atoms with Gasteiger partial charge in [-0.3, -0.25) is 4.79 Å². The molecule has 2 rings (SSSR count). The van der Waals surface area contributed by atoms with Crippen LogP contribution in [-0.2, 0) is 4.79 Å². The molecular formula is C15H22N2O3. The molecule has 0 saturated carbocycles. The Labute approximate surface area is 119 Å². The number of likely N-dealkylation sites (N-methyl/N-ethyl adjacent to an activating group) is 1. The molecule has 1 aromatic rings. The molecule has 5 nitrogen and oxygen atoms in total. The summed E-state index contributed by atoms with van der Waals surface area (Å²) in [4.78, 5) is 15.9. The molecule has 0 aliphatic carbocycles. The number of amides is 1. The molecule has 1 aliphatic rings. The van der Waals surface area contributed by atoms with E-state index in [0.29, 0.717) is 19.5 Å². The first-order chi connectivity index (χ1) is 9.51. The average molecular weight is 278 g/mol. The molecule has 0 spiro atoms. The van der Waals surface area contributed by atoms with Crippen LogP contribution in [0.15, 0.2) is 24.3 Å². The summed E-state index contributed by atoms with van der Waals surface area (Å²) in [6, 6.07) is 7.61. The summed E-state index contributed by atoms with van der Waals surface area (Å²) in [6.45, 7) is 0.752. The fourth-order valence-corrected chi connectivity index (χ4v) is 2.62. The number of benzene rings is 1. The molecule has 0 radical (unpaired) electrons. The zero-order valence-electron chi connectivity index (χ0n) is 12.2. The van der Waals surface area contributed by atoms with Gasteiger partial charge in [0.15, 0.2) is 0 Å². The van der Waals surface area contributed by atoms with Gasteiger partial charge in [0.1, 0.15) is 5.75 Å². The van der Waals surface area contributed by atoms with Gasteiger partial charge in [-0.05, 0) is 38.2 Å². The predicted molar refractivity (Wildman–Crippen MR) is 76.6 cm³/mol. The summed E-state index contributed by atoms with van der Waals surface area (Å²) >= 11 is 0. The minimum absolute atomic E-state index is 0.0411. The normalized spacial score (nSPS) is 22.4. The Morgan fingerprint density at radius 2 is 2.25 bits per heavy atom. The number of carbonyl (C=O) groups excluding carboxylic acids is 1. The molecule has 2 atom stereocenters. The number of hydrogen-bond acceptors (Lipinski definition) is 4. The molecule has 1 amide bonds. The monoisotopic (exact) mass is 278 g/mol. The van der Waals surface area contributed by atoms with Crippen molar-refractivity contribution in [3.8, 4) is 5.75 Å². The second-order valence-corrected chi connectivity index (χ2v) is 5.47. The van der Waals surface area contributed by atoms with E-state index in [1.54, 1.807) is 12.0 Å². The molecular weight excluding hydrogens is 256 g/mol. The molecule has 5 heteroatoms. The fourth-order valence-electron chi connectivity index (χ4n) is 2.62.